The summed E-state index contributed by atoms with van der Waals surface area (Å²) >= 11 is 9.70. The molecule has 2 rings (SSSR count). The fourth-order valence-electron chi connectivity index (χ4n) is 2.83. The molecule has 3 unspecified atom stereocenters. The van der Waals surface area contributed by atoms with Gasteiger partial charge in [-0.25, -0.2) is 0 Å². The van der Waals surface area contributed by atoms with Gasteiger partial charge in [-0.05, 0) is 42.4 Å². The Morgan fingerprint density at radius 3 is 2.82 bits per heavy atom. The van der Waals surface area contributed by atoms with E-state index in [0.717, 1.165) is 21.0 Å². The Morgan fingerprint density at radius 1 is 1.41 bits per heavy atom. The van der Waals surface area contributed by atoms with Crippen LogP contribution in [0.4, 0.5) is 0 Å². The number of hydrogen-bond acceptors (Lipinski definition) is 1. The molecule has 1 aromatic rings. The van der Waals surface area contributed by atoms with E-state index >= 15 is 0 Å². The second kappa shape index (κ2) is 5.73. The van der Waals surface area contributed by atoms with Crippen LogP contribution in [0, 0.1) is 11.8 Å². The molecule has 17 heavy (non-hydrogen) atoms. The van der Waals surface area contributed by atoms with Crippen molar-refractivity contribution in [3.05, 3.63) is 33.3 Å². The smallest absolute Gasteiger partial charge is 0.0465 e. The Morgan fingerprint density at radius 2 is 2.18 bits per heavy atom. The lowest BCUT2D eigenvalue weighted by Gasteiger charge is -2.31. The number of halogens is 2. The van der Waals surface area contributed by atoms with Gasteiger partial charge in [0.2, 0.25) is 0 Å². The van der Waals surface area contributed by atoms with Gasteiger partial charge in [-0.3, -0.25) is 0 Å². The van der Waals surface area contributed by atoms with E-state index in [-0.39, 0.29) is 6.04 Å². The third-order valence-corrected chi connectivity index (χ3v) is 4.63. The second-order valence-corrected chi connectivity index (χ2v) is 6.55. The Hall–Kier alpha value is -0.0500. The normalized spacial score (nSPS) is 26.8. The van der Waals surface area contributed by atoms with Crippen LogP contribution in [-0.2, 0) is 0 Å². The topological polar surface area (TPSA) is 26.0 Å². The van der Waals surface area contributed by atoms with Crippen molar-refractivity contribution in [2.75, 3.05) is 0 Å². The zero-order valence-corrected chi connectivity index (χ0v) is 12.5. The second-order valence-electron chi connectivity index (χ2n) is 5.22. The summed E-state index contributed by atoms with van der Waals surface area (Å²) in [6, 6.07) is 6.09. The van der Waals surface area contributed by atoms with E-state index < -0.39 is 0 Å². The highest BCUT2D eigenvalue weighted by molar-refractivity contribution is 9.10. The molecule has 1 aliphatic rings. The molecule has 0 radical (unpaired) electrons. The summed E-state index contributed by atoms with van der Waals surface area (Å²) < 4.78 is 1.01. The first-order valence-electron chi connectivity index (χ1n) is 6.28. The first-order chi connectivity index (χ1) is 8.08. The molecular weight excluding hydrogens is 298 g/mol. The highest BCUT2D eigenvalue weighted by atomic mass is 79.9. The number of hydrogen-bond donors (Lipinski definition) is 1. The molecule has 1 aliphatic carbocycles. The molecule has 3 atom stereocenters. The quantitative estimate of drug-likeness (QED) is 0.822. The van der Waals surface area contributed by atoms with Gasteiger partial charge < -0.3 is 5.73 Å². The van der Waals surface area contributed by atoms with Crippen molar-refractivity contribution < 1.29 is 0 Å². The zero-order valence-electron chi connectivity index (χ0n) is 10.1. The zero-order chi connectivity index (χ0) is 12.4. The molecule has 94 valence electrons. The molecule has 2 N–H and O–H groups in total. The van der Waals surface area contributed by atoms with Crippen LogP contribution < -0.4 is 5.73 Å². The molecule has 1 fully saturated rings. The van der Waals surface area contributed by atoms with Gasteiger partial charge in [-0.15, -0.1) is 0 Å². The van der Waals surface area contributed by atoms with Gasteiger partial charge in [-0.1, -0.05) is 53.4 Å². The summed E-state index contributed by atoms with van der Waals surface area (Å²) in [6.07, 6.45) is 5.11. The minimum absolute atomic E-state index is 0.0818. The van der Waals surface area contributed by atoms with Crippen LogP contribution in [0.1, 0.15) is 44.2 Å². The number of nitrogens with two attached hydrogens (primary N) is 1. The van der Waals surface area contributed by atoms with Crippen LogP contribution in [0.5, 0.6) is 0 Å². The third-order valence-electron chi connectivity index (χ3n) is 3.81. The SMILES string of the molecule is CC1CCCC(C(N)c2ccc(Br)cc2Cl)C1. The standard InChI is InChI=1S/C14H19BrClN/c1-9-3-2-4-10(7-9)14(17)12-6-5-11(15)8-13(12)16/h5-6,8-10,14H,2-4,7,17H2,1H3. The van der Waals surface area contributed by atoms with Crippen LogP contribution in [0.3, 0.4) is 0 Å². The Bertz CT molecular complexity index is 394. The average molecular weight is 317 g/mol. The van der Waals surface area contributed by atoms with E-state index in [1.165, 1.54) is 25.7 Å². The summed E-state index contributed by atoms with van der Waals surface area (Å²) in [5.41, 5.74) is 7.47. The van der Waals surface area contributed by atoms with E-state index in [1.54, 1.807) is 0 Å². The van der Waals surface area contributed by atoms with Crippen LogP contribution >= 0.6 is 27.5 Å². The molecule has 0 amide bonds. The largest absolute Gasteiger partial charge is 0.324 e. The summed E-state index contributed by atoms with van der Waals surface area (Å²) in [7, 11) is 0. The van der Waals surface area contributed by atoms with Crippen molar-refractivity contribution in [2.45, 2.75) is 38.6 Å². The fraction of sp³-hybridized carbons (Fsp3) is 0.571. The van der Waals surface area contributed by atoms with Crippen molar-refractivity contribution in [1.29, 1.82) is 0 Å². The van der Waals surface area contributed by atoms with Crippen molar-refractivity contribution in [3.63, 3.8) is 0 Å². The van der Waals surface area contributed by atoms with E-state index in [4.69, 9.17) is 17.3 Å². The van der Waals surface area contributed by atoms with E-state index in [0.29, 0.717) is 5.92 Å². The third kappa shape index (κ3) is 3.24. The Kier molecular flexibility index (Phi) is 4.51. The van der Waals surface area contributed by atoms with Crippen molar-refractivity contribution in [1.82, 2.24) is 0 Å². The van der Waals surface area contributed by atoms with Crippen LogP contribution in [0.15, 0.2) is 22.7 Å². The highest BCUT2D eigenvalue weighted by Gasteiger charge is 2.26. The monoisotopic (exact) mass is 315 g/mol. The minimum atomic E-state index is 0.0818. The summed E-state index contributed by atoms with van der Waals surface area (Å²) in [5.74, 6) is 1.38. The molecule has 3 heteroatoms. The highest BCUT2D eigenvalue weighted by Crippen LogP contribution is 2.38. The lowest BCUT2D eigenvalue weighted by Crippen LogP contribution is -2.26. The van der Waals surface area contributed by atoms with Gasteiger partial charge in [0.25, 0.3) is 0 Å². The molecule has 1 nitrogen and oxygen atoms in total. The summed E-state index contributed by atoms with van der Waals surface area (Å²) in [6.45, 7) is 2.32. The molecule has 1 saturated carbocycles. The van der Waals surface area contributed by atoms with Crippen LogP contribution in [0.25, 0.3) is 0 Å². The van der Waals surface area contributed by atoms with E-state index in [9.17, 15) is 0 Å². The van der Waals surface area contributed by atoms with Crippen molar-refractivity contribution >= 4 is 27.5 Å². The van der Waals surface area contributed by atoms with Crippen molar-refractivity contribution in [3.8, 4) is 0 Å². The lowest BCUT2D eigenvalue weighted by atomic mass is 9.77. The first kappa shape index (κ1) is 13.4. The summed E-state index contributed by atoms with van der Waals surface area (Å²) in [5, 5.41) is 0.783. The molecule has 0 aromatic heterocycles. The van der Waals surface area contributed by atoms with Crippen molar-refractivity contribution in [2.24, 2.45) is 17.6 Å². The molecule has 0 heterocycles. The molecular formula is C14H19BrClN. The first-order valence-corrected chi connectivity index (χ1v) is 7.45. The molecule has 0 bridgehead atoms. The fourth-order valence-corrected chi connectivity index (χ4v) is 3.63. The lowest BCUT2D eigenvalue weighted by molar-refractivity contribution is 0.248. The molecule has 0 saturated heterocycles. The molecule has 0 aliphatic heterocycles. The van der Waals surface area contributed by atoms with Gasteiger partial charge in [0, 0.05) is 15.5 Å². The maximum Gasteiger partial charge on any atom is 0.0465 e. The predicted molar refractivity (Wildman–Crippen MR) is 77.2 cm³/mol. The van der Waals surface area contributed by atoms with Crippen LogP contribution in [-0.4, -0.2) is 0 Å². The Balaban J connectivity index is 2.15. The van der Waals surface area contributed by atoms with Gasteiger partial charge in [0.05, 0.1) is 0 Å². The average Bonchev–Trinajstić information content (AvgIpc) is 2.28. The maximum atomic E-state index is 6.38. The number of rotatable bonds is 2. The predicted octanol–water partition coefficient (Wildman–Crippen LogP) is 4.93. The van der Waals surface area contributed by atoms with Gasteiger partial charge in [0.1, 0.15) is 0 Å². The number of benzene rings is 1. The van der Waals surface area contributed by atoms with Gasteiger partial charge >= 0.3 is 0 Å². The van der Waals surface area contributed by atoms with Crippen LogP contribution in [0.2, 0.25) is 5.02 Å². The van der Waals surface area contributed by atoms with Gasteiger partial charge in [-0.2, -0.15) is 0 Å². The molecule has 1 aromatic carbocycles. The summed E-state index contributed by atoms with van der Waals surface area (Å²) in [4.78, 5) is 0. The van der Waals surface area contributed by atoms with E-state index in [1.807, 2.05) is 12.1 Å². The minimum Gasteiger partial charge on any atom is -0.324 e. The van der Waals surface area contributed by atoms with Gasteiger partial charge in [0.15, 0.2) is 0 Å². The van der Waals surface area contributed by atoms with E-state index in [2.05, 4.69) is 28.9 Å². The molecule has 0 spiro atoms. The maximum absolute atomic E-state index is 6.38. The Labute approximate surface area is 117 Å².